The van der Waals surface area contributed by atoms with E-state index < -0.39 is 0 Å². The highest BCUT2D eigenvalue weighted by Crippen LogP contribution is 2.34. The van der Waals surface area contributed by atoms with Gasteiger partial charge in [0.25, 0.3) is 0 Å². The Hall–Kier alpha value is -1.39. The van der Waals surface area contributed by atoms with Gasteiger partial charge < -0.3 is 15.4 Å². The van der Waals surface area contributed by atoms with Crippen molar-refractivity contribution < 1.29 is 9.53 Å². The molecule has 0 aromatic heterocycles. The van der Waals surface area contributed by atoms with Crippen molar-refractivity contribution >= 4 is 5.91 Å². The number of likely N-dealkylation sites (N-methyl/N-ethyl adjacent to an activating group) is 1. The van der Waals surface area contributed by atoms with Gasteiger partial charge in [-0.15, -0.1) is 0 Å². The first kappa shape index (κ1) is 17.0. The zero-order valence-corrected chi connectivity index (χ0v) is 13.6. The van der Waals surface area contributed by atoms with E-state index in [1.165, 1.54) is 24.8 Å². The lowest BCUT2D eigenvalue weighted by molar-refractivity contribution is -0.168. The third kappa shape index (κ3) is 4.55. The number of hydrogen-bond donors (Lipinski definition) is 1. The number of ether oxygens (including phenoxy) is 1. The highest BCUT2D eigenvalue weighted by atomic mass is 16.5. The van der Waals surface area contributed by atoms with Gasteiger partial charge in [-0.2, -0.15) is 0 Å². The van der Waals surface area contributed by atoms with E-state index in [9.17, 15) is 4.79 Å². The van der Waals surface area contributed by atoms with Crippen molar-refractivity contribution in [1.29, 1.82) is 0 Å². The molecule has 1 spiro atoms. The third-order valence-corrected chi connectivity index (χ3v) is 4.56. The highest BCUT2D eigenvalue weighted by Gasteiger charge is 2.39. The molecule has 4 nitrogen and oxygen atoms in total. The standard InChI is InChI=1S/C11H19NO2.C7H9N/c1-2-12-9-11(14-8-10(12)13)6-4-3-5-7-11;8-6-7-4-2-1-3-5-7/h2-9H2,1H3;1-5H,6,8H2. The van der Waals surface area contributed by atoms with E-state index in [-0.39, 0.29) is 11.5 Å². The predicted molar refractivity (Wildman–Crippen MR) is 88.4 cm³/mol. The first-order valence-corrected chi connectivity index (χ1v) is 8.35. The Kier molecular flexibility index (Phi) is 6.40. The Labute approximate surface area is 133 Å². The van der Waals surface area contributed by atoms with Crippen molar-refractivity contribution in [3.8, 4) is 0 Å². The number of carbonyl (C=O) groups excluding carboxylic acids is 1. The fourth-order valence-electron chi connectivity index (χ4n) is 3.19. The van der Waals surface area contributed by atoms with Gasteiger partial charge in [-0.3, -0.25) is 4.79 Å². The Balaban J connectivity index is 0.000000188. The zero-order chi connectivity index (χ0) is 15.8. The van der Waals surface area contributed by atoms with Gasteiger partial charge in [0.2, 0.25) is 5.91 Å². The number of nitrogens with two attached hydrogens (primary N) is 1. The van der Waals surface area contributed by atoms with E-state index in [1.54, 1.807) is 0 Å². The molecular formula is C18H28N2O2. The summed E-state index contributed by atoms with van der Waals surface area (Å²) in [6, 6.07) is 9.99. The molecule has 1 amide bonds. The minimum Gasteiger partial charge on any atom is -0.363 e. The van der Waals surface area contributed by atoms with Crippen LogP contribution in [0.15, 0.2) is 30.3 Å². The summed E-state index contributed by atoms with van der Waals surface area (Å²) in [5, 5.41) is 0. The van der Waals surface area contributed by atoms with E-state index in [0.29, 0.717) is 13.2 Å². The minimum atomic E-state index is 0.0160. The van der Waals surface area contributed by atoms with E-state index >= 15 is 0 Å². The lowest BCUT2D eigenvalue weighted by Gasteiger charge is -2.44. The van der Waals surface area contributed by atoms with Crippen LogP contribution in [0.2, 0.25) is 0 Å². The number of morpholine rings is 1. The average molecular weight is 304 g/mol. The molecule has 4 heteroatoms. The van der Waals surface area contributed by atoms with E-state index in [2.05, 4.69) is 0 Å². The summed E-state index contributed by atoms with van der Waals surface area (Å²) in [6.45, 7) is 4.63. The Bertz CT molecular complexity index is 455. The molecule has 2 aliphatic rings. The molecule has 1 heterocycles. The molecule has 0 unspecified atom stereocenters. The Morgan fingerprint density at radius 3 is 2.41 bits per heavy atom. The molecule has 1 aromatic rings. The van der Waals surface area contributed by atoms with Gasteiger partial charge in [-0.05, 0) is 25.3 Å². The van der Waals surface area contributed by atoms with Crippen LogP contribution < -0.4 is 5.73 Å². The number of rotatable bonds is 2. The second-order valence-corrected chi connectivity index (χ2v) is 6.13. The molecular weight excluding hydrogens is 276 g/mol. The third-order valence-electron chi connectivity index (χ3n) is 4.56. The van der Waals surface area contributed by atoms with Crippen LogP contribution in [0.3, 0.4) is 0 Å². The molecule has 0 atom stereocenters. The summed E-state index contributed by atoms with van der Waals surface area (Å²) in [5.41, 5.74) is 6.55. The molecule has 1 saturated carbocycles. The number of hydrogen-bond acceptors (Lipinski definition) is 3. The minimum absolute atomic E-state index is 0.0160. The van der Waals surface area contributed by atoms with Gasteiger partial charge in [0, 0.05) is 19.6 Å². The number of carbonyl (C=O) groups is 1. The van der Waals surface area contributed by atoms with Crippen molar-refractivity contribution in [3.63, 3.8) is 0 Å². The van der Waals surface area contributed by atoms with Gasteiger partial charge in [-0.1, -0.05) is 49.6 Å². The maximum absolute atomic E-state index is 11.5. The zero-order valence-electron chi connectivity index (χ0n) is 13.6. The molecule has 122 valence electrons. The van der Waals surface area contributed by atoms with Gasteiger partial charge in [-0.25, -0.2) is 0 Å². The summed E-state index contributed by atoms with van der Waals surface area (Å²) in [5.74, 6) is 0.156. The van der Waals surface area contributed by atoms with Crippen LogP contribution in [-0.2, 0) is 16.1 Å². The summed E-state index contributed by atoms with van der Waals surface area (Å²) in [7, 11) is 0. The quantitative estimate of drug-likeness (QED) is 0.914. The topological polar surface area (TPSA) is 55.6 Å². The van der Waals surface area contributed by atoms with Crippen LogP contribution in [0.4, 0.5) is 0 Å². The molecule has 1 saturated heterocycles. The SMILES string of the molecule is CCN1CC2(CCCCC2)OCC1=O.NCc1ccccc1. The highest BCUT2D eigenvalue weighted by molar-refractivity contribution is 5.78. The van der Waals surface area contributed by atoms with Crippen molar-refractivity contribution in [2.75, 3.05) is 19.7 Å². The van der Waals surface area contributed by atoms with E-state index in [1.807, 2.05) is 42.2 Å². The van der Waals surface area contributed by atoms with Gasteiger partial charge in [0.15, 0.2) is 0 Å². The molecule has 1 aromatic carbocycles. The molecule has 3 rings (SSSR count). The number of amides is 1. The molecule has 0 radical (unpaired) electrons. The predicted octanol–water partition coefficient (Wildman–Crippen LogP) is 2.71. The molecule has 1 aliphatic carbocycles. The van der Waals surface area contributed by atoms with Crippen molar-refractivity contribution in [2.45, 2.75) is 51.2 Å². The molecule has 1 aliphatic heterocycles. The fourth-order valence-corrected chi connectivity index (χ4v) is 3.19. The smallest absolute Gasteiger partial charge is 0.248 e. The fraction of sp³-hybridized carbons (Fsp3) is 0.611. The van der Waals surface area contributed by atoms with Crippen molar-refractivity contribution in [3.05, 3.63) is 35.9 Å². The van der Waals surface area contributed by atoms with Crippen LogP contribution in [0.25, 0.3) is 0 Å². The van der Waals surface area contributed by atoms with Crippen molar-refractivity contribution in [2.24, 2.45) is 5.73 Å². The van der Waals surface area contributed by atoms with Crippen LogP contribution in [0, 0.1) is 0 Å². The normalized spacial score (nSPS) is 20.5. The maximum Gasteiger partial charge on any atom is 0.248 e. The molecule has 22 heavy (non-hydrogen) atoms. The first-order valence-electron chi connectivity index (χ1n) is 8.35. The van der Waals surface area contributed by atoms with Crippen LogP contribution in [0.1, 0.15) is 44.6 Å². The Morgan fingerprint density at radius 2 is 1.86 bits per heavy atom. The maximum atomic E-state index is 11.5. The summed E-state index contributed by atoms with van der Waals surface area (Å²) in [4.78, 5) is 13.4. The Morgan fingerprint density at radius 1 is 1.18 bits per heavy atom. The van der Waals surface area contributed by atoms with E-state index in [0.717, 1.165) is 25.9 Å². The largest absolute Gasteiger partial charge is 0.363 e. The average Bonchev–Trinajstić information content (AvgIpc) is 2.59. The second-order valence-electron chi connectivity index (χ2n) is 6.13. The van der Waals surface area contributed by atoms with Gasteiger partial charge in [0.05, 0.1) is 5.60 Å². The summed E-state index contributed by atoms with van der Waals surface area (Å²) in [6.07, 6.45) is 6.11. The molecule has 2 N–H and O–H groups in total. The number of benzene rings is 1. The lowest BCUT2D eigenvalue weighted by atomic mass is 9.83. The molecule has 2 fully saturated rings. The van der Waals surface area contributed by atoms with Crippen LogP contribution in [-0.4, -0.2) is 36.1 Å². The summed E-state index contributed by atoms with van der Waals surface area (Å²) >= 11 is 0. The van der Waals surface area contributed by atoms with Crippen LogP contribution in [0.5, 0.6) is 0 Å². The van der Waals surface area contributed by atoms with Gasteiger partial charge in [0.1, 0.15) is 6.61 Å². The van der Waals surface area contributed by atoms with Gasteiger partial charge >= 0.3 is 0 Å². The van der Waals surface area contributed by atoms with E-state index in [4.69, 9.17) is 10.5 Å². The summed E-state index contributed by atoms with van der Waals surface area (Å²) < 4.78 is 5.76. The monoisotopic (exact) mass is 304 g/mol. The van der Waals surface area contributed by atoms with Crippen molar-refractivity contribution in [1.82, 2.24) is 4.90 Å². The lowest BCUT2D eigenvalue weighted by Crippen LogP contribution is -2.55. The molecule has 0 bridgehead atoms. The first-order chi connectivity index (χ1) is 10.7. The number of nitrogens with zero attached hydrogens (tertiary/aromatic N) is 1. The van der Waals surface area contributed by atoms with Crippen LogP contribution >= 0.6 is 0 Å². The second kappa shape index (κ2) is 8.30.